The zero-order chi connectivity index (χ0) is 33.4. The second-order valence-corrected chi connectivity index (χ2v) is 12.3. The summed E-state index contributed by atoms with van der Waals surface area (Å²) in [4.78, 5) is 2.23. The second-order valence-electron chi connectivity index (χ2n) is 11.5. The molecule has 4 aromatic carbocycles. The lowest BCUT2D eigenvalue weighted by Crippen LogP contribution is -2.68. The molecule has 8 rings (SSSR count). The predicted molar refractivity (Wildman–Crippen MR) is 174 cm³/mol. The van der Waals surface area contributed by atoms with Gasteiger partial charge in [0.1, 0.15) is 0 Å². The lowest BCUT2D eigenvalue weighted by molar-refractivity contribution is -2.00. The first-order valence-electron chi connectivity index (χ1n) is 15.4. The molecule has 0 saturated heterocycles. The van der Waals surface area contributed by atoms with Crippen LogP contribution in [0.2, 0.25) is 0 Å². The van der Waals surface area contributed by atoms with E-state index in [-0.39, 0.29) is 6.23 Å². The van der Waals surface area contributed by atoms with Crippen molar-refractivity contribution in [3.05, 3.63) is 168 Å². The number of anilines is 1. The molecule has 9 nitrogen and oxygen atoms in total. The number of quaternary nitrogens is 1. The van der Waals surface area contributed by atoms with Crippen molar-refractivity contribution in [2.24, 2.45) is 0 Å². The molecule has 10 heteroatoms. The quantitative estimate of drug-likeness (QED) is 0.322. The normalized spacial score (nSPS) is 23.9. The summed E-state index contributed by atoms with van der Waals surface area (Å²) in [5.41, 5.74) is 6.39. The van der Waals surface area contributed by atoms with Crippen LogP contribution in [-0.2, 0) is 5.54 Å². The molecule has 0 fully saturated rings. The number of hydrogen-bond donors (Lipinski definition) is 1. The highest BCUT2D eigenvalue weighted by Crippen LogP contribution is 2.55. The molecule has 4 aliphatic rings. The lowest BCUT2D eigenvalue weighted by Gasteiger charge is -2.51. The van der Waals surface area contributed by atoms with E-state index in [1.165, 1.54) is 22.4 Å². The number of fused-ring (bicyclic) bond motifs is 5. The van der Waals surface area contributed by atoms with Gasteiger partial charge >= 0.3 is 0 Å². The van der Waals surface area contributed by atoms with E-state index >= 15 is 0 Å². The number of allylic oxidation sites excluding steroid dienone is 2. The van der Waals surface area contributed by atoms with Crippen LogP contribution in [0.3, 0.4) is 0 Å². The summed E-state index contributed by atoms with van der Waals surface area (Å²) in [6.45, 7) is 3.06. The highest BCUT2D eigenvalue weighted by atomic mass is 35.7. The van der Waals surface area contributed by atoms with E-state index < -0.39 is 15.8 Å². The maximum Gasteiger partial charge on any atom is 0.259 e. The van der Waals surface area contributed by atoms with E-state index in [0.29, 0.717) is 10.4 Å². The molecule has 0 bridgehead atoms. The molecule has 3 unspecified atom stereocenters. The average molecular weight is 662 g/mol. The van der Waals surface area contributed by atoms with Crippen molar-refractivity contribution in [2.45, 2.75) is 18.7 Å². The standard InChI is InChI=1S/C38H32N3O2.ClHO4/c1-2-41(33-18-9-11-20-35(33)43-37(41)22-12-21-36-39-31-17-8-10-19-34(31)42-36)38(29-14-4-3-5-15-29)24-26-40-25-23-28-13-6-7-16-30(28)32(40)27-38;2-1(3,4)5/h3-27,37,39H,2H2,1H3;(H,2,3,4,5)/q+1;/p-1. The molecule has 1 N–H and O–H groups in total. The van der Waals surface area contributed by atoms with Gasteiger partial charge in [-0.2, -0.15) is 0 Å². The van der Waals surface area contributed by atoms with Crippen molar-refractivity contribution in [3.63, 3.8) is 0 Å². The Hall–Kier alpha value is -5.13. The molecule has 48 heavy (non-hydrogen) atoms. The molecule has 4 aromatic rings. The fraction of sp³-hybridized carbons (Fsp3) is 0.105. The Morgan fingerprint density at radius 2 is 1.54 bits per heavy atom. The van der Waals surface area contributed by atoms with E-state index in [1.807, 2.05) is 30.3 Å². The van der Waals surface area contributed by atoms with Crippen LogP contribution in [0.1, 0.15) is 23.6 Å². The summed E-state index contributed by atoms with van der Waals surface area (Å²) in [7, 11) is -4.94. The third kappa shape index (κ3) is 5.58. The van der Waals surface area contributed by atoms with Gasteiger partial charge in [0.25, 0.3) is 6.23 Å². The van der Waals surface area contributed by atoms with Gasteiger partial charge < -0.3 is 19.7 Å². The topological polar surface area (TPSA) is 126 Å². The second kappa shape index (κ2) is 12.5. The molecular weight excluding hydrogens is 630 g/mol. The van der Waals surface area contributed by atoms with Gasteiger partial charge in [-0.05, 0) is 42.8 Å². The van der Waals surface area contributed by atoms with E-state index in [1.54, 1.807) is 0 Å². The summed E-state index contributed by atoms with van der Waals surface area (Å²) in [6, 6.07) is 35.9. The molecule has 242 valence electrons. The molecule has 4 heterocycles. The van der Waals surface area contributed by atoms with Gasteiger partial charge in [0.05, 0.1) is 17.9 Å². The molecule has 3 atom stereocenters. The third-order valence-electron chi connectivity index (χ3n) is 9.04. The molecule has 4 aliphatic heterocycles. The molecular formula is C38H32ClN3O6. The Labute approximate surface area is 280 Å². The minimum Gasteiger partial charge on any atom is -0.439 e. The van der Waals surface area contributed by atoms with Crippen molar-refractivity contribution < 1.29 is 38.4 Å². The number of para-hydroxylation sites is 4. The van der Waals surface area contributed by atoms with E-state index in [4.69, 9.17) is 28.1 Å². The summed E-state index contributed by atoms with van der Waals surface area (Å²) in [6.07, 6.45) is 17.3. The Morgan fingerprint density at radius 3 is 2.31 bits per heavy atom. The average Bonchev–Trinajstić information content (AvgIpc) is 3.66. The number of nitrogens with one attached hydrogen (secondary N) is 1. The number of halogens is 1. The van der Waals surface area contributed by atoms with E-state index in [2.05, 4.69) is 139 Å². The zero-order valence-corrected chi connectivity index (χ0v) is 26.7. The first kappa shape index (κ1) is 31.5. The predicted octanol–water partition coefficient (Wildman–Crippen LogP) is 3.63. The number of nitrogens with zero attached hydrogens (tertiary/aromatic N) is 2. The van der Waals surface area contributed by atoms with Crippen molar-refractivity contribution >= 4 is 23.1 Å². The lowest BCUT2D eigenvalue weighted by atomic mass is 9.80. The highest BCUT2D eigenvalue weighted by molar-refractivity contribution is 5.81. The molecule has 0 aliphatic carbocycles. The van der Waals surface area contributed by atoms with Crippen LogP contribution in [0, 0.1) is 10.2 Å². The van der Waals surface area contributed by atoms with Crippen molar-refractivity contribution in [1.82, 2.24) is 9.38 Å². The van der Waals surface area contributed by atoms with Gasteiger partial charge in [0.2, 0.25) is 0 Å². The Bertz CT molecular complexity index is 1950. The molecule has 0 amide bonds. The summed E-state index contributed by atoms with van der Waals surface area (Å²) >= 11 is 0. The fourth-order valence-electron chi connectivity index (χ4n) is 7.05. The van der Waals surface area contributed by atoms with Crippen molar-refractivity contribution in [2.75, 3.05) is 11.9 Å². The monoisotopic (exact) mass is 661 g/mol. The van der Waals surface area contributed by atoms with Crippen LogP contribution >= 0.6 is 0 Å². The molecule has 0 spiro atoms. The van der Waals surface area contributed by atoms with Crippen LogP contribution in [0.15, 0.2) is 152 Å². The van der Waals surface area contributed by atoms with Crippen LogP contribution in [-0.4, -0.2) is 17.7 Å². The smallest absolute Gasteiger partial charge is 0.259 e. The van der Waals surface area contributed by atoms with Crippen LogP contribution < -0.4 is 37.9 Å². The maximum absolute atomic E-state index is 8.49. The van der Waals surface area contributed by atoms with E-state index in [0.717, 1.165) is 29.4 Å². The zero-order valence-electron chi connectivity index (χ0n) is 25.9. The van der Waals surface area contributed by atoms with Crippen molar-refractivity contribution in [3.8, 4) is 11.5 Å². The summed E-state index contributed by atoms with van der Waals surface area (Å²) in [5.74, 6) is 2.43. The minimum atomic E-state index is -4.94. The van der Waals surface area contributed by atoms with Gasteiger partial charge in [-0.15, -0.1) is 10.2 Å². The van der Waals surface area contributed by atoms with Crippen LogP contribution in [0.25, 0.3) is 11.8 Å². The number of rotatable bonds is 5. The van der Waals surface area contributed by atoms with Gasteiger partial charge in [-0.3, -0.25) is 0 Å². The number of benzene rings is 4. The Balaban J connectivity index is 0.000000681. The van der Waals surface area contributed by atoms with Crippen molar-refractivity contribution in [1.29, 1.82) is 0 Å². The summed E-state index contributed by atoms with van der Waals surface area (Å²) in [5, 5.41) is 3.36. The largest absolute Gasteiger partial charge is 0.439 e. The van der Waals surface area contributed by atoms with Gasteiger partial charge in [-0.1, -0.05) is 84.9 Å². The highest BCUT2D eigenvalue weighted by Gasteiger charge is 2.60. The van der Waals surface area contributed by atoms with Gasteiger partial charge in [0, 0.05) is 47.8 Å². The SMILES string of the molecule is CC[N+]1(C2(c3ccccc3)C=CN3C=Cc4ccccc4C3=C2)c2ccccc2OC1C=CC=C1Nc2ccccc2O1.[O-][Cl+3]([O-])([O-])[O-]. The molecule has 0 saturated carbocycles. The first-order valence-corrected chi connectivity index (χ1v) is 16.7. The van der Waals surface area contributed by atoms with Gasteiger partial charge in [-0.25, -0.2) is 23.1 Å². The maximum atomic E-state index is 8.49. The third-order valence-corrected chi connectivity index (χ3v) is 9.04. The first-order chi connectivity index (χ1) is 23.2. The van der Waals surface area contributed by atoms with E-state index in [9.17, 15) is 0 Å². The fourth-order valence-corrected chi connectivity index (χ4v) is 7.05. The van der Waals surface area contributed by atoms with Crippen LogP contribution in [0.5, 0.6) is 11.5 Å². The number of ether oxygens (including phenoxy) is 2. The number of hydrogen-bond acceptors (Lipinski definition) is 8. The number of likely N-dealkylation sites (N-methyl/N-ethyl adjacent to an activating group) is 1. The Morgan fingerprint density at radius 1 is 0.854 bits per heavy atom. The molecule has 0 radical (unpaired) electrons. The van der Waals surface area contributed by atoms with Gasteiger partial charge in [0.15, 0.2) is 28.6 Å². The molecule has 0 aromatic heterocycles. The summed E-state index contributed by atoms with van der Waals surface area (Å²) < 4.78 is 47.4. The van der Waals surface area contributed by atoms with Crippen LogP contribution in [0.4, 0.5) is 11.4 Å². The minimum absolute atomic E-state index is 0.300. The Kier molecular flexibility index (Phi) is 8.18.